The molecule has 4 aliphatic rings. The first-order chi connectivity index (χ1) is 18.6. The highest BCUT2D eigenvalue weighted by molar-refractivity contribution is 5.76. The van der Waals surface area contributed by atoms with Crippen molar-refractivity contribution in [3.05, 3.63) is 17.2 Å². The standard InChI is InChI=1S/C33H46O7/c1-18-16-24(37-20(3)34)29(39-22(5)36)23-17-33(40-28(18)23)19(2)10-11-26-31(8)14-13-27(38-21(4)35)30(6,7)25(31)12-15-32(26,33)9/h16,19,25-27H,10-15,17H2,1-9H3/t19-,25-,26+,27-,31-,32+,33-/m0/s1. The fourth-order valence-electron chi connectivity index (χ4n) is 9.99. The number of rotatable bonds is 3. The highest BCUT2D eigenvalue weighted by Crippen LogP contribution is 2.72. The summed E-state index contributed by atoms with van der Waals surface area (Å²) in [4.78, 5) is 36.0. The average Bonchev–Trinajstić information content (AvgIpc) is 3.24. The number of benzene rings is 1. The van der Waals surface area contributed by atoms with Crippen molar-refractivity contribution in [2.75, 3.05) is 0 Å². The van der Waals surface area contributed by atoms with Gasteiger partial charge >= 0.3 is 17.9 Å². The summed E-state index contributed by atoms with van der Waals surface area (Å²) < 4.78 is 24.3. The zero-order valence-electron chi connectivity index (χ0n) is 25.7. The fourth-order valence-corrected chi connectivity index (χ4v) is 9.99. The van der Waals surface area contributed by atoms with Gasteiger partial charge in [0.15, 0.2) is 11.5 Å². The summed E-state index contributed by atoms with van der Waals surface area (Å²) in [5, 5.41) is 0. The van der Waals surface area contributed by atoms with Gasteiger partial charge < -0.3 is 18.9 Å². The first-order valence-electron chi connectivity index (χ1n) is 15.0. The van der Waals surface area contributed by atoms with Crippen LogP contribution in [0.5, 0.6) is 17.2 Å². The lowest BCUT2D eigenvalue weighted by atomic mass is 9.37. The van der Waals surface area contributed by atoms with Crippen LogP contribution in [0.3, 0.4) is 0 Å². The van der Waals surface area contributed by atoms with Gasteiger partial charge in [-0.05, 0) is 80.2 Å². The molecule has 1 aliphatic heterocycles. The summed E-state index contributed by atoms with van der Waals surface area (Å²) in [5.41, 5.74) is 1.06. The van der Waals surface area contributed by atoms with Crippen molar-refractivity contribution in [2.24, 2.45) is 34.0 Å². The number of fused-ring (bicyclic) bond motifs is 5. The van der Waals surface area contributed by atoms with Gasteiger partial charge in [0.2, 0.25) is 0 Å². The Balaban J connectivity index is 1.58. The number of esters is 3. The number of ether oxygens (including phenoxy) is 4. The van der Waals surface area contributed by atoms with Crippen molar-refractivity contribution in [3.8, 4) is 17.2 Å². The van der Waals surface area contributed by atoms with Gasteiger partial charge in [-0.2, -0.15) is 0 Å². The van der Waals surface area contributed by atoms with Crippen LogP contribution in [-0.4, -0.2) is 29.6 Å². The SMILES string of the molecule is CC(=O)Oc1cc(C)c2c(c1OC(C)=O)C[C@]1(O2)[C@@H](C)CC[C@@H]2[C@@]3(C)CC[C@H](OC(C)=O)C(C)(C)[C@@H]3CC[C@]21C. The summed E-state index contributed by atoms with van der Waals surface area (Å²) in [6.07, 6.45) is 6.65. The van der Waals surface area contributed by atoms with Gasteiger partial charge in [0.05, 0.1) is 0 Å². The molecule has 0 saturated heterocycles. The minimum atomic E-state index is -0.475. The molecule has 220 valence electrons. The maximum absolute atomic E-state index is 12.2. The van der Waals surface area contributed by atoms with E-state index in [2.05, 4.69) is 34.6 Å². The predicted molar refractivity (Wildman–Crippen MR) is 150 cm³/mol. The molecule has 1 aromatic carbocycles. The first kappa shape index (κ1) is 28.9. The van der Waals surface area contributed by atoms with E-state index in [1.54, 1.807) is 6.07 Å². The summed E-state index contributed by atoms with van der Waals surface area (Å²) >= 11 is 0. The monoisotopic (exact) mass is 554 g/mol. The molecule has 1 spiro atoms. The van der Waals surface area contributed by atoms with Gasteiger partial charge in [-0.1, -0.05) is 34.6 Å². The van der Waals surface area contributed by atoms with Crippen LogP contribution in [0.25, 0.3) is 0 Å². The highest BCUT2D eigenvalue weighted by Gasteiger charge is 2.70. The van der Waals surface area contributed by atoms with Crippen molar-refractivity contribution in [1.29, 1.82) is 0 Å². The maximum atomic E-state index is 12.2. The summed E-state index contributed by atoms with van der Waals surface area (Å²) in [6, 6.07) is 1.75. The lowest BCUT2D eigenvalue weighted by Crippen LogP contribution is -2.68. The molecule has 1 heterocycles. The van der Waals surface area contributed by atoms with Crippen molar-refractivity contribution in [1.82, 2.24) is 0 Å². The molecule has 0 amide bonds. The predicted octanol–water partition coefficient (Wildman–Crippen LogP) is 6.74. The van der Waals surface area contributed by atoms with E-state index in [1.807, 2.05) is 6.92 Å². The van der Waals surface area contributed by atoms with Gasteiger partial charge in [-0.3, -0.25) is 14.4 Å². The number of carbonyl (C=O) groups excluding carboxylic acids is 3. The molecule has 0 aromatic heterocycles. The lowest BCUT2D eigenvalue weighted by molar-refractivity contribution is -0.241. The molecular formula is C33H46O7. The van der Waals surface area contributed by atoms with Gasteiger partial charge in [0.25, 0.3) is 0 Å². The Hall–Kier alpha value is -2.57. The second kappa shape index (κ2) is 9.49. The highest BCUT2D eigenvalue weighted by atomic mass is 16.6. The van der Waals surface area contributed by atoms with E-state index in [0.29, 0.717) is 24.0 Å². The second-order valence-electron chi connectivity index (χ2n) is 14.2. The van der Waals surface area contributed by atoms with Crippen LogP contribution in [0, 0.1) is 40.9 Å². The van der Waals surface area contributed by atoms with Crippen molar-refractivity contribution in [3.63, 3.8) is 0 Å². The van der Waals surface area contributed by atoms with E-state index in [9.17, 15) is 14.4 Å². The zero-order chi connectivity index (χ0) is 29.4. The Bertz CT molecular complexity index is 1250. The van der Waals surface area contributed by atoms with Crippen LogP contribution in [0.15, 0.2) is 6.07 Å². The van der Waals surface area contributed by atoms with Crippen molar-refractivity contribution in [2.45, 2.75) is 119 Å². The van der Waals surface area contributed by atoms with E-state index in [-0.39, 0.29) is 40.0 Å². The quantitative estimate of drug-likeness (QED) is 0.302. The minimum absolute atomic E-state index is 0.0653. The smallest absolute Gasteiger partial charge is 0.308 e. The van der Waals surface area contributed by atoms with Gasteiger partial charge in [0.1, 0.15) is 17.5 Å². The third kappa shape index (κ3) is 4.08. The van der Waals surface area contributed by atoms with Crippen LogP contribution < -0.4 is 14.2 Å². The van der Waals surface area contributed by atoms with Crippen molar-refractivity contribution < 1.29 is 33.3 Å². The summed E-state index contributed by atoms with van der Waals surface area (Å²) in [7, 11) is 0. The average molecular weight is 555 g/mol. The normalized spacial score (nSPS) is 37.4. The third-order valence-corrected chi connectivity index (χ3v) is 11.6. The van der Waals surface area contributed by atoms with E-state index in [1.165, 1.54) is 20.8 Å². The van der Waals surface area contributed by atoms with E-state index >= 15 is 0 Å². The second-order valence-corrected chi connectivity index (χ2v) is 14.2. The van der Waals surface area contributed by atoms with Crippen LogP contribution in [-0.2, 0) is 25.5 Å². The summed E-state index contributed by atoms with van der Waals surface area (Å²) in [5.74, 6) is 1.36. The van der Waals surface area contributed by atoms with Crippen LogP contribution >= 0.6 is 0 Å². The third-order valence-electron chi connectivity index (χ3n) is 11.6. The Morgan fingerprint density at radius 1 is 0.875 bits per heavy atom. The molecule has 3 fully saturated rings. The Morgan fingerprint density at radius 3 is 2.17 bits per heavy atom. The van der Waals surface area contributed by atoms with Crippen molar-refractivity contribution >= 4 is 17.9 Å². The molecule has 7 nitrogen and oxygen atoms in total. The van der Waals surface area contributed by atoms with Crippen LogP contribution in [0.4, 0.5) is 0 Å². The lowest BCUT2D eigenvalue weighted by Gasteiger charge is -2.69. The fraction of sp³-hybridized carbons (Fsp3) is 0.727. The van der Waals surface area contributed by atoms with Gasteiger partial charge in [-0.25, -0.2) is 0 Å². The summed E-state index contributed by atoms with van der Waals surface area (Å²) in [6.45, 7) is 18.0. The molecule has 40 heavy (non-hydrogen) atoms. The maximum Gasteiger partial charge on any atom is 0.308 e. The Morgan fingerprint density at radius 2 is 1.55 bits per heavy atom. The van der Waals surface area contributed by atoms with Crippen LogP contribution in [0.1, 0.15) is 105 Å². The molecule has 7 atom stereocenters. The molecule has 3 aliphatic carbocycles. The molecule has 0 unspecified atom stereocenters. The molecule has 1 aromatic rings. The first-order valence-corrected chi connectivity index (χ1v) is 15.0. The molecule has 0 N–H and O–H groups in total. The molecule has 7 heteroatoms. The molecule has 3 saturated carbocycles. The van der Waals surface area contributed by atoms with Gasteiger partial charge in [0, 0.05) is 43.6 Å². The van der Waals surface area contributed by atoms with E-state index < -0.39 is 17.5 Å². The Kier molecular flexibility index (Phi) is 6.86. The molecular weight excluding hydrogens is 508 g/mol. The number of carbonyl (C=O) groups is 3. The van der Waals surface area contributed by atoms with E-state index in [0.717, 1.165) is 55.4 Å². The number of aryl methyl sites for hydroxylation is 1. The molecule has 0 bridgehead atoms. The largest absolute Gasteiger partial charge is 0.485 e. The zero-order valence-corrected chi connectivity index (χ0v) is 25.7. The Labute approximate surface area is 238 Å². The number of hydrogen-bond acceptors (Lipinski definition) is 7. The topological polar surface area (TPSA) is 88.1 Å². The minimum Gasteiger partial charge on any atom is -0.485 e. The van der Waals surface area contributed by atoms with E-state index in [4.69, 9.17) is 18.9 Å². The number of hydrogen-bond donors (Lipinski definition) is 0. The van der Waals surface area contributed by atoms with Crippen LogP contribution in [0.2, 0.25) is 0 Å². The molecule has 5 rings (SSSR count). The molecule has 0 radical (unpaired) electrons. The van der Waals surface area contributed by atoms with Gasteiger partial charge in [-0.15, -0.1) is 0 Å².